The van der Waals surface area contributed by atoms with Crippen molar-refractivity contribution in [3.63, 3.8) is 0 Å². The van der Waals surface area contributed by atoms with Gasteiger partial charge >= 0.3 is 0 Å². The third kappa shape index (κ3) is 2.46. The molecule has 0 spiro atoms. The van der Waals surface area contributed by atoms with Gasteiger partial charge in [0.05, 0.1) is 5.69 Å². The standard InChI is InChI=1S/C13H18N2O/c1-2-5-10(16)8-13-11-6-3-4-7-12(11)14-9-15-13/h9H,2-8H2,1H3. The number of aromatic nitrogens is 2. The number of hydrogen-bond acceptors (Lipinski definition) is 3. The third-order valence-electron chi connectivity index (χ3n) is 3.11. The molecule has 1 aliphatic rings. The Hall–Kier alpha value is -1.25. The molecule has 3 heteroatoms. The largest absolute Gasteiger partial charge is 0.299 e. The summed E-state index contributed by atoms with van der Waals surface area (Å²) in [6, 6.07) is 0. The lowest BCUT2D eigenvalue weighted by atomic mass is 9.93. The Morgan fingerprint density at radius 3 is 2.94 bits per heavy atom. The van der Waals surface area contributed by atoms with E-state index in [1.807, 2.05) is 6.92 Å². The number of fused-ring (bicyclic) bond motifs is 1. The van der Waals surface area contributed by atoms with Gasteiger partial charge in [0.25, 0.3) is 0 Å². The topological polar surface area (TPSA) is 42.9 Å². The van der Waals surface area contributed by atoms with Crippen LogP contribution < -0.4 is 0 Å². The van der Waals surface area contributed by atoms with Gasteiger partial charge in [0, 0.05) is 18.5 Å². The molecule has 86 valence electrons. The average Bonchev–Trinajstić information content (AvgIpc) is 2.30. The van der Waals surface area contributed by atoms with Crippen LogP contribution in [0.25, 0.3) is 0 Å². The van der Waals surface area contributed by atoms with E-state index >= 15 is 0 Å². The summed E-state index contributed by atoms with van der Waals surface area (Å²) in [4.78, 5) is 20.2. The molecule has 0 atom stereocenters. The van der Waals surface area contributed by atoms with Crippen LogP contribution in [0.4, 0.5) is 0 Å². The highest BCUT2D eigenvalue weighted by Crippen LogP contribution is 2.21. The lowest BCUT2D eigenvalue weighted by molar-refractivity contribution is -0.118. The van der Waals surface area contributed by atoms with E-state index in [9.17, 15) is 4.79 Å². The Balaban J connectivity index is 2.17. The van der Waals surface area contributed by atoms with Gasteiger partial charge in [0.2, 0.25) is 0 Å². The van der Waals surface area contributed by atoms with Gasteiger partial charge in [-0.25, -0.2) is 9.97 Å². The summed E-state index contributed by atoms with van der Waals surface area (Å²) in [5, 5.41) is 0. The van der Waals surface area contributed by atoms with Gasteiger partial charge in [-0.2, -0.15) is 0 Å². The molecule has 0 N–H and O–H groups in total. The van der Waals surface area contributed by atoms with Crippen molar-refractivity contribution in [2.24, 2.45) is 0 Å². The maximum absolute atomic E-state index is 11.6. The molecule has 0 fully saturated rings. The summed E-state index contributed by atoms with van der Waals surface area (Å²) < 4.78 is 0. The van der Waals surface area contributed by atoms with Crippen molar-refractivity contribution >= 4 is 5.78 Å². The Labute approximate surface area is 96.3 Å². The van der Waals surface area contributed by atoms with Crippen molar-refractivity contribution in [3.05, 3.63) is 23.3 Å². The second-order valence-corrected chi connectivity index (χ2v) is 4.42. The molecular formula is C13H18N2O. The second-order valence-electron chi connectivity index (χ2n) is 4.42. The Bertz CT molecular complexity index is 388. The molecular weight excluding hydrogens is 200 g/mol. The second kappa shape index (κ2) is 5.19. The van der Waals surface area contributed by atoms with Gasteiger partial charge in [-0.05, 0) is 37.7 Å². The van der Waals surface area contributed by atoms with E-state index in [0.717, 1.165) is 25.0 Å². The van der Waals surface area contributed by atoms with Gasteiger partial charge in [-0.3, -0.25) is 4.79 Å². The fourth-order valence-electron chi connectivity index (χ4n) is 2.30. The number of Topliss-reactive ketones (excluding diaryl/α,β-unsaturated/α-hetero) is 1. The van der Waals surface area contributed by atoms with Crippen molar-refractivity contribution < 1.29 is 4.79 Å². The minimum absolute atomic E-state index is 0.300. The van der Waals surface area contributed by atoms with Crippen LogP contribution in [0.2, 0.25) is 0 Å². The highest BCUT2D eigenvalue weighted by Gasteiger charge is 2.16. The van der Waals surface area contributed by atoms with Crippen molar-refractivity contribution in [1.82, 2.24) is 9.97 Å². The predicted octanol–water partition coefficient (Wildman–Crippen LogP) is 2.27. The number of ketones is 1. The Morgan fingerprint density at radius 1 is 1.31 bits per heavy atom. The maximum atomic E-state index is 11.6. The highest BCUT2D eigenvalue weighted by atomic mass is 16.1. The molecule has 0 saturated carbocycles. The molecule has 0 unspecified atom stereocenters. The van der Waals surface area contributed by atoms with Crippen LogP contribution in [-0.4, -0.2) is 15.8 Å². The smallest absolute Gasteiger partial charge is 0.138 e. The molecule has 16 heavy (non-hydrogen) atoms. The van der Waals surface area contributed by atoms with E-state index in [4.69, 9.17) is 0 Å². The molecule has 1 aromatic heterocycles. The number of nitrogens with zero attached hydrogens (tertiary/aromatic N) is 2. The fourth-order valence-corrected chi connectivity index (χ4v) is 2.30. The van der Waals surface area contributed by atoms with Crippen LogP contribution in [0.5, 0.6) is 0 Å². The molecule has 0 radical (unpaired) electrons. The minimum atomic E-state index is 0.300. The van der Waals surface area contributed by atoms with E-state index in [-0.39, 0.29) is 0 Å². The normalized spacial score (nSPS) is 14.6. The summed E-state index contributed by atoms with van der Waals surface area (Å²) >= 11 is 0. The molecule has 3 nitrogen and oxygen atoms in total. The highest BCUT2D eigenvalue weighted by molar-refractivity contribution is 5.80. The Morgan fingerprint density at radius 2 is 2.12 bits per heavy atom. The monoisotopic (exact) mass is 218 g/mol. The molecule has 0 amide bonds. The fraction of sp³-hybridized carbons (Fsp3) is 0.615. The first kappa shape index (κ1) is 11.2. The first-order valence-corrected chi connectivity index (χ1v) is 6.14. The predicted molar refractivity (Wildman–Crippen MR) is 62.3 cm³/mol. The molecule has 1 aromatic rings. The van der Waals surface area contributed by atoms with Crippen LogP contribution in [-0.2, 0) is 24.1 Å². The van der Waals surface area contributed by atoms with Gasteiger partial charge in [-0.1, -0.05) is 6.92 Å². The molecule has 0 bridgehead atoms. The first-order valence-electron chi connectivity index (χ1n) is 6.14. The van der Waals surface area contributed by atoms with Crippen LogP contribution in [0.3, 0.4) is 0 Å². The summed E-state index contributed by atoms with van der Waals surface area (Å²) in [5.41, 5.74) is 3.39. The average molecular weight is 218 g/mol. The zero-order valence-electron chi connectivity index (χ0n) is 9.83. The molecule has 1 heterocycles. The first-order chi connectivity index (χ1) is 7.81. The van der Waals surface area contributed by atoms with E-state index in [1.165, 1.54) is 24.1 Å². The lowest BCUT2D eigenvalue weighted by Gasteiger charge is -2.16. The van der Waals surface area contributed by atoms with Crippen LogP contribution in [0.1, 0.15) is 49.6 Å². The Kier molecular flexibility index (Phi) is 3.65. The van der Waals surface area contributed by atoms with Crippen molar-refractivity contribution in [2.75, 3.05) is 0 Å². The van der Waals surface area contributed by atoms with Crippen molar-refractivity contribution in [3.8, 4) is 0 Å². The van der Waals surface area contributed by atoms with Crippen molar-refractivity contribution in [2.45, 2.75) is 51.9 Å². The number of carbonyl (C=O) groups excluding carboxylic acids is 1. The molecule has 0 aliphatic heterocycles. The summed E-state index contributed by atoms with van der Waals surface area (Å²) in [5.74, 6) is 0.300. The third-order valence-corrected chi connectivity index (χ3v) is 3.11. The van der Waals surface area contributed by atoms with E-state index in [2.05, 4.69) is 9.97 Å². The van der Waals surface area contributed by atoms with Gasteiger partial charge in [0.1, 0.15) is 12.1 Å². The van der Waals surface area contributed by atoms with Crippen LogP contribution in [0.15, 0.2) is 6.33 Å². The van der Waals surface area contributed by atoms with Crippen LogP contribution in [0, 0.1) is 0 Å². The SMILES string of the molecule is CCCC(=O)Cc1ncnc2c1CCCC2. The quantitative estimate of drug-likeness (QED) is 0.778. The molecule has 0 saturated heterocycles. The number of aryl methyl sites for hydroxylation is 1. The van der Waals surface area contributed by atoms with E-state index < -0.39 is 0 Å². The molecule has 0 aromatic carbocycles. The lowest BCUT2D eigenvalue weighted by Crippen LogP contribution is -2.13. The van der Waals surface area contributed by atoms with Crippen LogP contribution >= 0.6 is 0 Å². The minimum Gasteiger partial charge on any atom is -0.299 e. The zero-order valence-corrected chi connectivity index (χ0v) is 9.83. The van der Waals surface area contributed by atoms with Crippen molar-refractivity contribution in [1.29, 1.82) is 0 Å². The van der Waals surface area contributed by atoms with Gasteiger partial charge < -0.3 is 0 Å². The zero-order chi connectivity index (χ0) is 11.4. The van der Waals surface area contributed by atoms with Gasteiger partial charge in [-0.15, -0.1) is 0 Å². The number of rotatable bonds is 4. The molecule has 2 rings (SSSR count). The maximum Gasteiger partial charge on any atom is 0.138 e. The number of hydrogen-bond donors (Lipinski definition) is 0. The molecule has 1 aliphatic carbocycles. The summed E-state index contributed by atoms with van der Waals surface area (Å²) in [6.07, 6.45) is 8.21. The number of carbonyl (C=O) groups is 1. The summed E-state index contributed by atoms with van der Waals surface area (Å²) in [7, 11) is 0. The van der Waals surface area contributed by atoms with E-state index in [1.54, 1.807) is 6.33 Å². The van der Waals surface area contributed by atoms with Gasteiger partial charge in [0.15, 0.2) is 0 Å². The van der Waals surface area contributed by atoms with E-state index in [0.29, 0.717) is 18.6 Å². The summed E-state index contributed by atoms with van der Waals surface area (Å²) in [6.45, 7) is 2.04.